The third kappa shape index (κ3) is 3.56. The van der Waals surface area contributed by atoms with Gasteiger partial charge in [-0.2, -0.15) is 0 Å². The first-order valence-corrected chi connectivity index (χ1v) is 6.01. The van der Waals surface area contributed by atoms with E-state index in [1.807, 2.05) is 37.3 Å². The largest absolute Gasteiger partial charge is 0.457 e. The van der Waals surface area contributed by atoms with E-state index in [9.17, 15) is 4.79 Å². The second-order valence-electron chi connectivity index (χ2n) is 4.71. The zero-order valence-electron chi connectivity index (χ0n) is 10.1. The SMILES string of the molecule is CC1(OC(=O)CCc2ccccc2)CCOC1. The number of esters is 1. The van der Waals surface area contributed by atoms with Gasteiger partial charge < -0.3 is 9.47 Å². The van der Waals surface area contributed by atoms with Crippen LogP contribution in [0.1, 0.15) is 25.3 Å². The molecule has 2 rings (SSSR count). The van der Waals surface area contributed by atoms with Crippen LogP contribution in [0, 0.1) is 0 Å². The maximum absolute atomic E-state index is 11.7. The summed E-state index contributed by atoms with van der Waals surface area (Å²) in [5.41, 5.74) is 0.755. The Kier molecular flexibility index (Phi) is 3.79. The highest BCUT2D eigenvalue weighted by Gasteiger charge is 2.33. The number of carbonyl (C=O) groups excluding carboxylic acids is 1. The zero-order chi connectivity index (χ0) is 12.1. The molecule has 1 aliphatic rings. The third-order valence-electron chi connectivity index (χ3n) is 3.00. The van der Waals surface area contributed by atoms with Crippen LogP contribution >= 0.6 is 0 Å². The lowest BCUT2D eigenvalue weighted by atomic mass is 10.1. The molecule has 1 fully saturated rings. The highest BCUT2D eigenvalue weighted by Crippen LogP contribution is 2.23. The van der Waals surface area contributed by atoms with Crippen LogP contribution in [0.15, 0.2) is 30.3 Å². The maximum atomic E-state index is 11.7. The summed E-state index contributed by atoms with van der Waals surface area (Å²) < 4.78 is 10.7. The van der Waals surface area contributed by atoms with Crippen LogP contribution in [-0.2, 0) is 20.7 Å². The van der Waals surface area contributed by atoms with Gasteiger partial charge in [0.2, 0.25) is 0 Å². The molecule has 3 nitrogen and oxygen atoms in total. The van der Waals surface area contributed by atoms with Crippen LogP contribution in [0.5, 0.6) is 0 Å². The van der Waals surface area contributed by atoms with Gasteiger partial charge in [-0.05, 0) is 18.9 Å². The Labute approximate surface area is 102 Å². The summed E-state index contributed by atoms with van der Waals surface area (Å²) in [6.07, 6.45) is 1.96. The van der Waals surface area contributed by atoms with Crippen molar-refractivity contribution in [2.24, 2.45) is 0 Å². The number of carbonyl (C=O) groups is 1. The third-order valence-corrected chi connectivity index (χ3v) is 3.00. The summed E-state index contributed by atoms with van der Waals surface area (Å²) in [6, 6.07) is 9.97. The average Bonchev–Trinajstić information content (AvgIpc) is 2.74. The van der Waals surface area contributed by atoms with E-state index in [0.717, 1.165) is 18.4 Å². The van der Waals surface area contributed by atoms with E-state index in [-0.39, 0.29) is 5.97 Å². The van der Waals surface area contributed by atoms with Crippen LogP contribution < -0.4 is 0 Å². The molecule has 1 unspecified atom stereocenters. The van der Waals surface area contributed by atoms with Gasteiger partial charge in [0.05, 0.1) is 13.2 Å². The number of hydrogen-bond acceptors (Lipinski definition) is 3. The summed E-state index contributed by atoms with van der Waals surface area (Å²) in [4.78, 5) is 11.7. The van der Waals surface area contributed by atoms with Gasteiger partial charge in [-0.25, -0.2) is 0 Å². The molecule has 0 amide bonds. The molecule has 0 bridgehead atoms. The molecular formula is C14H18O3. The lowest BCUT2D eigenvalue weighted by Crippen LogP contribution is -2.32. The van der Waals surface area contributed by atoms with Crippen molar-refractivity contribution < 1.29 is 14.3 Å². The molecule has 3 heteroatoms. The zero-order valence-corrected chi connectivity index (χ0v) is 10.1. The fraction of sp³-hybridized carbons (Fsp3) is 0.500. The fourth-order valence-corrected chi connectivity index (χ4v) is 1.95. The topological polar surface area (TPSA) is 35.5 Å². The first-order chi connectivity index (χ1) is 8.18. The molecule has 0 N–H and O–H groups in total. The second-order valence-corrected chi connectivity index (χ2v) is 4.71. The average molecular weight is 234 g/mol. The molecule has 1 aliphatic heterocycles. The van der Waals surface area contributed by atoms with Crippen molar-refractivity contribution >= 4 is 5.97 Å². The van der Waals surface area contributed by atoms with E-state index in [2.05, 4.69) is 0 Å². The molecule has 0 saturated carbocycles. The maximum Gasteiger partial charge on any atom is 0.306 e. The highest BCUT2D eigenvalue weighted by molar-refractivity contribution is 5.70. The summed E-state index contributed by atoms with van der Waals surface area (Å²) in [6.45, 7) is 3.13. The van der Waals surface area contributed by atoms with Crippen LogP contribution in [0.4, 0.5) is 0 Å². The van der Waals surface area contributed by atoms with Gasteiger partial charge in [0.15, 0.2) is 0 Å². The lowest BCUT2D eigenvalue weighted by Gasteiger charge is -2.22. The summed E-state index contributed by atoms with van der Waals surface area (Å²) in [7, 11) is 0. The van der Waals surface area contributed by atoms with Crippen LogP contribution in [0.3, 0.4) is 0 Å². The molecule has 17 heavy (non-hydrogen) atoms. The van der Waals surface area contributed by atoms with Crippen LogP contribution in [0.2, 0.25) is 0 Å². The molecule has 0 aromatic heterocycles. The highest BCUT2D eigenvalue weighted by atomic mass is 16.6. The summed E-state index contributed by atoms with van der Waals surface area (Å²) in [5, 5.41) is 0. The van der Waals surface area contributed by atoms with Crippen molar-refractivity contribution in [2.75, 3.05) is 13.2 Å². The monoisotopic (exact) mass is 234 g/mol. The van der Waals surface area contributed by atoms with E-state index in [1.54, 1.807) is 0 Å². The van der Waals surface area contributed by atoms with E-state index in [0.29, 0.717) is 19.6 Å². The molecule has 0 spiro atoms. The molecule has 1 heterocycles. The normalized spacial score (nSPS) is 23.6. The molecule has 1 aromatic carbocycles. The van der Waals surface area contributed by atoms with Gasteiger partial charge >= 0.3 is 5.97 Å². The molecule has 1 atom stereocenters. The van der Waals surface area contributed by atoms with Crippen LogP contribution in [-0.4, -0.2) is 24.8 Å². The smallest absolute Gasteiger partial charge is 0.306 e. The Hall–Kier alpha value is -1.35. The molecule has 92 valence electrons. The second kappa shape index (κ2) is 5.32. The van der Waals surface area contributed by atoms with Crippen molar-refractivity contribution in [3.05, 3.63) is 35.9 Å². The first kappa shape index (κ1) is 12.1. The van der Waals surface area contributed by atoms with Gasteiger partial charge in [0.1, 0.15) is 5.60 Å². The van der Waals surface area contributed by atoms with Crippen LogP contribution in [0.25, 0.3) is 0 Å². The van der Waals surface area contributed by atoms with Gasteiger partial charge in [-0.3, -0.25) is 4.79 Å². The Balaban J connectivity index is 1.78. The number of benzene rings is 1. The molecule has 1 saturated heterocycles. The number of hydrogen-bond donors (Lipinski definition) is 0. The predicted octanol–water partition coefficient (Wildman–Crippen LogP) is 2.34. The van der Waals surface area contributed by atoms with E-state index < -0.39 is 5.60 Å². The molecular weight excluding hydrogens is 216 g/mol. The first-order valence-electron chi connectivity index (χ1n) is 6.01. The summed E-state index contributed by atoms with van der Waals surface area (Å²) >= 11 is 0. The van der Waals surface area contributed by atoms with E-state index in [4.69, 9.17) is 9.47 Å². The standard InChI is InChI=1S/C14H18O3/c1-14(9-10-16-11-14)17-13(15)8-7-12-5-3-2-4-6-12/h2-6H,7-11H2,1H3. The Morgan fingerprint density at radius 2 is 2.18 bits per heavy atom. The van der Waals surface area contributed by atoms with Crippen molar-refractivity contribution in [2.45, 2.75) is 31.8 Å². The van der Waals surface area contributed by atoms with E-state index >= 15 is 0 Å². The predicted molar refractivity (Wildman–Crippen MR) is 64.7 cm³/mol. The van der Waals surface area contributed by atoms with Crippen molar-refractivity contribution in [3.63, 3.8) is 0 Å². The quantitative estimate of drug-likeness (QED) is 0.750. The molecule has 0 radical (unpaired) electrons. The minimum absolute atomic E-state index is 0.137. The Bertz CT molecular complexity index is 366. The number of aryl methyl sites for hydroxylation is 1. The number of rotatable bonds is 4. The minimum atomic E-state index is -0.409. The lowest BCUT2D eigenvalue weighted by molar-refractivity contribution is -0.157. The number of ether oxygens (including phenoxy) is 2. The van der Waals surface area contributed by atoms with Gasteiger partial charge in [-0.1, -0.05) is 30.3 Å². The van der Waals surface area contributed by atoms with Crippen molar-refractivity contribution in [3.8, 4) is 0 Å². The molecule has 0 aliphatic carbocycles. The van der Waals surface area contributed by atoms with E-state index in [1.165, 1.54) is 0 Å². The van der Waals surface area contributed by atoms with Gasteiger partial charge in [-0.15, -0.1) is 0 Å². The minimum Gasteiger partial charge on any atom is -0.457 e. The Morgan fingerprint density at radius 1 is 1.41 bits per heavy atom. The Morgan fingerprint density at radius 3 is 2.82 bits per heavy atom. The van der Waals surface area contributed by atoms with Crippen molar-refractivity contribution in [1.82, 2.24) is 0 Å². The van der Waals surface area contributed by atoms with Gasteiger partial charge in [0, 0.05) is 12.8 Å². The fourth-order valence-electron chi connectivity index (χ4n) is 1.95. The van der Waals surface area contributed by atoms with Gasteiger partial charge in [0.25, 0.3) is 0 Å². The summed E-state index contributed by atoms with van der Waals surface area (Å²) in [5.74, 6) is -0.137. The van der Waals surface area contributed by atoms with Crippen molar-refractivity contribution in [1.29, 1.82) is 0 Å². The molecule has 1 aromatic rings.